The van der Waals surface area contributed by atoms with E-state index in [1.807, 2.05) is 12.1 Å². The zero-order valence-electron chi connectivity index (χ0n) is 12.0. The summed E-state index contributed by atoms with van der Waals surface area (Å²) in [5.74, 6) is 0.180. The van der Waals surface area contributed by atoms with Crippen LogP contribution in [0.2, 0.25) is 0 Å². The topological polar surface area (TPSA) is 41.1 Å². The molecule has 1 heterocycles. The summed E-state index contributed by atoms with van der Waals surface area (Å²) >= 11 is 0. The number of carbonyl (C=O) groups excluding carboxylic acids is 1. The fourth-order valence-corrected chi connectivity index (χ4v) is 3.46. The number of amides is 1. The van der Waals surface area contributed by atoms with E-state index >= 15 is 0 Å². The van der Waals surface area contributed by atoms with Gasteiger partial charge in [-0.2, -0.15) is 0 Å². The van der Waals surface area contributed by atoms with Gasteiger partial charge in [0.2, 0.25) is 5.91 Å². The van der Waals surface area contributed by atoms with Crippen LogP contribution >= 0.6 is 0 Å². The third-order valence-corrected chi connectivity index (χ3v) is 4.61. The van der Waals surface area contributed by atoms with Crippen LogP contribution in [0.25, 0.3) is 0 Å². The quantitative estimate of drug-likeness (QED) is 0.813. The molecule has 1 aliphatic carbocycles. The van der Waals surface area contributed by atoms with Gasteiger partial charge in [0.05, 0.1) is 5.92 Å². The highest BCUT2D eigenvalue weighted by molar-refractivity contribution is 5.84. The van der Waals surface area contributed by atoms with Gasteiger partial charge in [0, 0.05) is 19.1 Å². The number of rotatable bonds is 2. The first-order valence-electron chi connectivity index (χ1n) is 7.93. The molecule has 1 aromatic rings. The molecule has 0 aromatic heterocycles. The standard InChI is InChI=1S/C17H24N2O/c20-17(19-14-8-3-1-2-4-9-14)16-12-18-11-13-7-5-6-10-15(13)16/h5-7,10,14,16,18H,1-4,8-9,11-12H2,(H,19,20). The molecule has 1 aliphatic heterocycles. The van der Waals surface area contributed by atoms with Crippen molar-refractivity contribution in [2.75, 3.05) is 6.54 Å². The van der Waals surface area contributed by atoms with Crippen molar-refractivity contribution in [3.8, 4) is 0 Å². The Morgan fingerprint density at radius 3 is 2.65 bits per heavy atom. The zero-order valence-corrected chi connectivity index (χ0v) is 12.0. The maximum atomic E-state index is 12.6. The lowest BCUT2D eigenvalue weighted by Gasteiger charge is -2.27. The number of nitrogens with one attached hydrogen (secondary N) is 2. The Hall–Kier alpha value is -1.35. The van der Waals surface area contributed by atoms with Crippen molar-refractivity contribution < 1.29 is 4.79 Å². The maximum absolute atomic E-state index is 12.6. The first-order valence-corrected chi connectivity index (χ1v) is 7.93. The lowest BCUT2D eigenvalue weighted by molar-refractivity contribution is -0.123. The van der Waals surface area contributed by atoms with Crippen LogP contribution in [0.4, 0.5) is 0 Å². The van der Waals surface area contributed by atoms with Gasteiger partial charge in [-0.25, -0.2) is 0 Å². The van der Waals surface area contributed by atoms with E-state index in [0.717, 1.165) is 25.9 Å². The Kier molecular flexibility index (Phi) is 4.36. The van der Waals surface area contributed by atoms with Gasteiger partial charge in [-0.3, -0.25) is 4.79 Å². The van der Waals surface area contributed by atoms with Gasteiger partial charge in [-0.15, -0.1) is 0 Å². The molecule has 0 saturated heterocycles. The molecule has 20 heavy (non-hydrogen) atoms. The van der Waals surface area contributed by atoms with Gasteiger partial charge in [0.25, 0.3) is 0 Å². The fourth-order valence-electron chi connectivity index (χ4n) is 3.46. The average Bonchev–Trinajstić information content (AvgIpc) is 2.75. The molecular weight excluding hydrogens is 248 g/mol. The predicted molar refractivity (Wildman–Crippen MR) is 80.5 cm³/mol. The molecule has 3 nitrogen and oxygen atoms in total. The van der Waals surface area contributed by atoms with E-state index < -0.39 is 0 Å². The molecule has 108 valence electrons. The second-order valence-electron chi connectivity index (χ2n) is 6.08. The van der Waals surface area contributed by atoms with E-state index in [-0.39, 0.29) is 11.8 Å². The molecule has 2 aliphatic rings. The Morgan fingerprint density at radius 1 is 1.10 bits per heavy atom. The minimum atomic E-state index is -0.0248. The maximum Gasteiger partial charge on any atom is 0.229 e. The van der Waals surface area contributed by atoms with E-state index in [0.29, 0.717) is 6.04 Å². The molecule has 1 fully saturated rings. The number of benzene rings is 1. The lowest BCUT2D eigenvalue weighted by Crippen LogP contribution is -2.43. The van der Waals surface area contributed by atoms with Crippen LogP contribution in [-0.2, 0) is 11.3 Å². The average molecular weight is 272 g/mol. The fraction of sp³-hybridized carbons (Fsp3) is 0.588. The SMILES string of the molecule is O=C(NC1CCCCCC1)C1CNCc2ccccc21. The Bertz CT molecular complexity index is 464. The summed E-state index contributed by atoms with van der Waals surface area (Å²) in [5.41, 5.74) is 2.47. The van der Waals surface area contributed by atoms with Gasteiger partial charge >= 0.3 is 0 Å². The molecule has 1 amide bonds. The van der Waals surface area contributed by atoms with Crippen LogP contribution in [-0.4, -0.2) is 18.5 Å². The molecule has 3 heteroatoms. The van der Waals surface area contributed by atoms with E-state index in [1.54, 1.807) is 0 Å². The van der Waals surface area contributed by atoms with Crippen LogP contribution in [0, 0.1) is 0 Å². The van der Waals surface area contributed by atoms with Crippen molar-refractivity contribution in [1.29, 1.82) is 0 Å². The number of hydrogen-bond donors (Lipinski definition) is 2. The van der Waals surface area contributed by atoms with E-state index in [2.05, 4.69) is 22.8 Å². The van der Waals surface area contributed by atoms with Gasteiger partial charge in [0.15, 0.2) is 0 Å². The summed E-state index contributed by atoms with van der Waals surface area (Å²) in [5, 5.41) is 6.65. The highest BCUT2D eigenvalue weighted by Crippen LogP contribution is 2.25. The van der Waals surface area contributed by atoms with Crippen LogP contribution in [0.5, 0.6) is 0 Å². The minimum absolute atomic E-state index is 0.0248. The summed E-state index contributed by atoms with van der Waals surface area (Å²) < 4.78 is 0. The lowest BCUT2D eigenvalue weighted by atomic mass is 9.90. The molecule has 1 aromatic carbocycles. The van der Waals surface area contributed by atoms with Gasteiger partial charge in [0.1, 0.15) is 0 Å². The van der Waals surface area contributed by atoms with Gasteiger partial charge in [-0.05, 0) is 24.0 Å². The Labute approximate surface area is 121 Å². The van der Waals surface area contributed by atoms with Crippen LogP contribution in [0.3, 0.4) is 0 Å². The van der Waals surface area contributed by atoms with Gasteiger partial charge < -0.3 is 10.6 Å². The van der Waals surface area contributed by atoms with Crippen molar-refractivity contribution in [2.45, 2.75) is 57.0 Å². The highest BCUT2D eigenvalue weighted by atomic mass is 16.2. The van der Waals surface area contributed by atoms with E-state index in [9.17, 15) is 4.79 Å². The molecule has 0 spiro atoms. The molecule has 0 bridgehead atoms. The number of hydrogen-bond acceptors (Lipinski definition) is 2. The predicted octanol–water partition coefficient (Wildman–Crippen LogP) is 2.71. The van der Waals surface area contributed by atoms with Crippen LogP contribution < -0.4 is 10.6 Å². The Balaban J connectivity index is 1.68. The molecule has 2 N–H and O–H groups in total. The van der Waals surface area contributed by atoms with Crippen molar-refractivity contribution in [3.05, 3.63) is 35.4 Å². The third kappa shape index (κ3) is 3.04. The summed E-state index contributed by atoms with van der Waals surface area (Å²) in [6.45, 7) is 1.64. The largest absolute Gasteiger partial charge is 0.353 e. The smallest absolute Gasteiger partial charge is 0.229 e. The normalized spacial score (nSPS) is 23.7. The summed E-state index contributed by atoms with van der Waals surface area (Å²) in [4.78, 5) is 12.6. The van der Waals surface area contributed by atoms with Gasteiger partial charge in [-0.1, -0.05) is 49.9 Å². The zero-order chi connectivity index (χ0) is 13.8. The second kappa shape index (κ2) is 6.40. The van der Waals surface area contributed by atoms with Crippen molar-refractivity contribution >= 4 is 5.91 Å². The molecule has 1 saturated carbocycles. The van der Waals surface area contributed by atoms with Crippen molar-refractivity contribution in [2.24, 2.45) is 0 Å². The first-order chi connectivity index (χ1) is 9.84. The first kappa shape index (κ1) is 13.6. The monoisotopic (exact) mass is 272 g/mol. The number of carbonyl (C=O) groups is 1. The van der Waals surface area contributed by atoms with Crippen LogP contribution in [0.1, 0.15) is 55.6 Å². The molecule has 1 unspecified atom stereocenters. The molecular formula is C17H24N2O. The van der Waals surface area contributed by atoms with E-state index in [4.69, 9.17) is 0 Å². The van der Waals surface area contributed by atoms with E-state index in [1.165, 1.54) is 36.8 Å². The third-order valence-electron chi connectivity index (χ3n) is 4.61. The van der Waals surface area contributed by atoms with Crippen LogP contribution in [0.15, 0.2) is 24.3 Å². The van der Waals surface area contributed by atoms with Crippen molar-refractivity contribution in [1.82, 2.24) is 10.6 Å². The summed E-state index contributed by atoms with van der Waals surface area (Å²) in [6.07, 6.45) is 7.44. The highest BCUT2D eigenvalue weighted by Gasteiger charge is 2.27. The summed E-state index contributed by atoms with van der Waals surface area (Å²) in [7, 11) is 0. The molecule has 1 atom stereocenters. The summed E-state index contributed by atoms with van der Waals surface area (Å²) in [6, 6.07) is 8.70. The number of fused-ring (bicyclic) bond motifs is 1. The molecule has 3 rings (SSSR count). The van der Waals surface area contributed by atoms with Crippen molar-refractivity contribution in [3.63, 3.8) is 0 Å². The Morgan fingerprint density at radius 2 is 1.85 bits per heavy atom. The second-order valence-corrected chi connectivity index (χ2v) is 6.08. The molecule has 0 radical (unpaired) electrons. The minimum Gasteiger partial charge on any atom is -0.353 e.